The van der Waals surface area contributed by atoms with Crippen LogP contribution in [0.15, 0.2) is 36.4 Å². The van der Waals surface area contributed by atoms with Crippen LogP contribution in [0.1, 0.15) is 18.4 Å². The van der Waals surface area contributed by atoms with E-state index in [2.05, 4.69) is 29.6 Å². The van der Waals surface area contributed by atoms with Gasteiger partial charge in [-0.2, -0.15) is 0 Å². The molecule has 0 fully saturated rings. The summed E-state index contributed by atoms with van der Waals surface area (Å²) in [4.78, 5) is 0. The van der Waals surface area contributed by atoms with E-state index >= 15 is 0 Å². The lowest BCUT2D eigenvalue weighted by Gasteiger charge is -2.25. The van der Waals surface area contributed by atoms with Crippen molar-refractivity contribution < 1.29 is 13.3 Å². The molecule has 5 nitrogen and oxygen atoms in total. The number of nitrogens with one attached hydrogen (secondary N) is 1. The van der Waals surface area contributed by atoms with E-state index in [1.807, 2.05) is 18.2 Å². The second kappa shape index (κ2) is 13.5. The Morgan fingerprint density at radius 2 is 1.71 bits per heavy atom. The van der Waals surface area contributed by atoms with E-state index in [0.29, 0.717) is 0 Å². The van der Waals surface area contributed by atoms with Crippen molar-refractivity contribution in [3.63, 3.8) is 0 Å². The summed E-state index contributed by atoms with van der Waals surface area (Å²) in [6.07, 6.45) is 5.99. The van der Waals surface area contributed by atoms with Crippen LogP contribution in [0.3, 0.4) is 0 Å². The Morgan fingerprint density at radius 1 is 1.08 bits per heavy atom. The van der Waals surface area contributed by atoms with E-state index in [1.54, 1.807) is 21.3 Å². The Kier molecular flexibility index (Phi) is 13.1. The Hall–Kier alpha value is -0.733. The van der Waals surface area contributed by atoms with Gasteiger partial charge in [-0.15, -0.1) is 12.4 Å². The van der Waals surface area contributed by atoms with Crippen LogP contribution in [-0.2, 0) is 13.3 Å². The van der Waals surface area contributed by atoms with E-state index in [1.165, 1.54) is 5.56 Å². The molecule has 1 atom stereocenters. The van der Waals surface area contributed by atoms with Crippen LogP contribution in [0.25, 0.3) is 6.08 Å². The third-order valence-corrected chi connectivity index (χ3v) is 6.59. The second-order valence-electron chi connectivity index (χ2n) is 5.40. The van der Waals surface area contributed by atoms with Gasteiger partial charge in [0.25, 0.3) is 0 Å². The van der Waals surface area contributed by atoms with Gasteiger partial charge >= 0.3 is 8.80 Å². The van der Waals surface area contributed by atoms with Crippen molar-refractivity contribution in [1.82, 2.24) is 5.32 Å². The number of hydrogen-bond acceptors (Lipinski definition) is 5. The third-order valence-electron chi connectivity index (χ3n) is 3.82. The van der Waals surface area contributed by atoms with Gasteiger partial charge in [-0.25, -0.2) is 0 Å². The van der Waals surface area contributed by atoms with Crippen LogP contribution >= 0.6 is 12.4 Å². The van der Waals surface area contributed by atoms with Gasteiger partial charge in [0.05, 0.1) is 0 Å². The maximum Gasteiger partial charge on any atom is 0.500 e. The van der Waals surface area contributed by atoms with E-state index < -0.39 is 8.80 Å². The molecule has 0 aliphatic heterocycles. The summed E-state index contributed by atoms with van der Waals surface area (Å²) in [5, 5.41) is 3.38. The van der Waals surface area contributed by atoms with Crippen molar-refractivity contribution in [1.29, 1.82) is 0 Å². The second-order valence-corrected chi connectivity index (χ2v) is 8.49. The highest BCUT2D eigenvalue weighted by Gasteiger charge is 2.37. The summed E-state index contributed by atoms with van der Waals surface area (Å²) < 4.78 is 16.2. The fourth-order valence-electron chi connectivity index (χ4n) is 2.29. The summed E-state index contributed by atoms with van der Waals surface area (Å²) in [7, 11) is 2.40. The standard InChI is InChI=1S/C17H30N2O3Si.ClH/c1-20-23(21-2,22-3)15-12-17(18)11-14-19-13-7-10-16-8-5-4-6-9-16;/h4-10,17,19H,11-15,18H2,1-3H3;1H. The van der Waals surface area contributed by atoms with Crippen molar-refractivity contribution in [2.45, 2.75) is 24.9 Å². The van der Waals surface area contributed by atoms with Gasteiger partial charge in [-0.05, 0) is 24.9 Å². The maximum absolute atomic E-state index is 6.15. The molecule has 1 aromatic rings. The van der Waals surface area contributed by atoms with Gasteiger partial charge in [0.15, 0.2) is 0 Å². The molecule has 138 valence electrons. The van der Waals surface area contributed by atoms with Gasteiger partial charge in [-0.3, -0.25) is 0 Å². The monoisotopic (exact) mass is 374 g/mol. The normalized spacial score (nSPS) is 13.0. The van der Waals surface area contributed by atoms with Crippen molar-refractivity contribution in [2.24, 2.45) is 5.73 Å². The topological polar surface area (TPSA) is 65.7 Å². The van der Waals surface area contributed by atoms with Gasteiger partial charge in [0, 0.05) is 40.0 Å². The van der Waals surface area contributed by atoms with Gasteiger partial charge < -0.3 is 24.3 Å². The smallest absolute Gasteiger partial charge is 0.377 e. The van der Waals surface area contributed by atoms with Crippen LogP contribution in [-0.4, -0.2) is 49.3 Å². The fraction of sp³-hybridized carbons (Fsp3) is 0.529. The Balaban J connectivity index is 0.00000529. The fourth-order valence-corrected chi connectivity index (χ4v) is 4.13. The molecule has 0 spiro atoms. The van der Waals surface area contributed by atoms with Crippen LogP contribution in [0.2, 0.25) is 6.04 Å². The third kappa shape index (κ3) is 8.94. The van der Waals surface area contributed by atoms with Crippen molar-refractivity contribution in [2.75, 3.05) is 34.4 Å². The predicted molar refractivity (Wildman–Crippen MR) is 104 cm³/mol. The lowest BCUT2D eigenvalue weighted by Crippen LogP contribution is -2.44. The number of halogens is 1. The molecule has 0 aromatic heterocycles. The van der Waals surface area contributed by atoms with Gasteiger partial charge in [0.1, 0.15) is 0 Å². The summed E-state index contributed by atoms with van der Waals surface area (Å²) in [5.41, 5.74) is 7.36. The van der Waals surface area contributed by atoms with E-state index in [9.17, 15) is 0 Å². The molecule has 0 radical (unpaired) electrons. The molecule has 0 saturated heterocycles. The van der Waals surface area contributed by atoms with E-state index in [4.69, 9.17) is 19.0 Å². The first-order valence-corrected chi connectivity index (χ1v) is 9.92. The minimum atomic E-state index is -2.49. The average molecular weight is 375 g/mol. The van der Waals surface area contributed by atoms with Crippen molar-refractivity contribution in [3.8, 4) is 0 Å². The molecule has 7 heteroatoms. The highest BCUT2D eigenvalue weighted by atomic mass is 35.5. The SMILES string of the molecule is CO[Si](CCC(N)CCNCC=Cc1ccccc1)(OC)OC.Cl. The predicted octanol–water partition coefficient (Wildman–Crippen LogP) is 2.70. The Bertz CT molecular complexity index is 436. The molecule has 1 rings (SSSR count). The van der Waals surface area contributed by atoms with Crippen LogP contribution in [0.4, 0.5) is 0 Å². The Labute approximate surface area is 153 Å². The van der Waals surface area contributed by atoms with Crippen molar-refractivity contribution in [3.05, 3.63) is 42.0 Å². The van der Waals surface area contributed by atoms with Crippen LogP contribution in [0.5, 0.6) is 0 Å². The largest absolute Gasteiger partial charge is 0.500 e. The summed E-state index contributed by atoms with van der Waals surface area (Å²) in [6, 6.07) is 11.1. The zero-order valence-corrected chi connectivity index (χ0v) is 16.7. The highest BCUT2D eigenvalue weighted by Crippen LogP contribution is 2.16. The molecule has 1 unspecified atom stereocenters. The minimum absolute atomic E-state index is 0. The summed E-state index contributed by atoms with van der Waals surface area (Å²) in [6.45, 7) is 1.73. The quantitative estimate of drug-likeness (QED) is 0.435. The lowest BCUT2D eigenvalue weighted by atomic mass is 10.2. The lowest BCUT2D eigenvalue weighted by molar-refractivity contribution is 0.122. The molecule has 1 aromatic carbocycles. The molecular weight excluding hydrogens is 344 g/mol. The molecule has 3 N–H and O–H groups in total. The summed E-state index contributed by atoms with van der Waals surface area (Å²) >= 11 is 0. The van der Waals surface area contributed by atoms with Crippen LogP contribution < -0.4 is 11.1 Å². The molecular formula is C17H31ClN2O3Si. The molecule has 0 amide bonds. The number of benzene rings is 1. The number of rotatable bonds is 12. The van der Waals surface area contributed by atoms with E-state index in [-0.39, 0.29) is 18.4 Å². The van der Waals surface area contributed by atoms with Crippen LogP contribution in [0, 0.1) is 0 Å². The maximum atomic E-state index is 6.15. The highest BCUT2D eigenvalue weighted by molar-refractivity contribution is 6.60. The summed E-state index contributed by atoms with van der Waals surface area (Å²) in [5.74, 6) is 0. The first-order valence-electron chi connectivity index (χ1n) is 7.99. The molecule has 24 heavy (non-hydrogen) atoms. The first-order chi connectivity index (χ1) is 11.2. The average Bonchev–Trinajstić information content (AvgIpc) is 2.60. The first kappa shape index (κ1) is 23.3. The molecule has 0 heterocycles. The number of hydrogen-bond donors (Lipinski definition) is 2. The molecule has 0 bridgehead atoms. The molecule has 0 aliphatic carbocycles. The minimum Gasteiger partial charge on any atom is -0.377 e. The zero-order valence-electron chi connectivity index (χ0n) is 14.9. The number of nitrogens with two attached hydrogens (primary N) is 1. The molecule has 0 saturated carbocycles. The Morgan fingerprint density at radius 3 is 2.29 bits per heavy atom. The van der Waals surface area contributed by atoms with Gasteiger partial charge in [0.2, 0.25) is 0 Å². The van der Waals surface area contributed by atoms with Crippen molar-refractivity contribution >= 4 is 27.3 Å². The molecule has 0 aliphatic rings. The van der Waals surface area contributed by atoms with Gasteiger partial charge in [-0.1, -0.05) is 42.5 Å². The zero-order chi connectivity index (χ0) is 17.0. The van der Waals surface area contributed by atoms with E-state index in [0.717, 1.165) is 32.0 Å².